The molecule has 0 radical (unpaired) electrons. The molecule has 1 amide bonds. The van der Waals surface area contributed by atoms with E-state index in [9.17, 15) is 13.6 Å². The van der Waals surface area contributed by atoms with Crippen molar-refractivity contribution < 1.29 is 23.0 Å². The molecule has 2 rings (SSSR count). The standard InChI is InChI=1S/C17H16BrF2NO3/c1-10-7-8-14(12(18)9-10)23-11(2)16(22)21-13-5-3-4-6-15(13)24-17(19)20/h3-9,11,17H,1-2H3,(H,21,22). The lowest BCUT2D eigenvalue weighted by atomic mass is 10.2. The summed E-state index contributed by atoms with van der Waals surface area (Å²) in [4.78, 5) is 12.2. The SMILES string of the molecule is Cc1ccc(OC(C)C(=O)Nc2ccccc2OC(F)F)c(Br)c1. The number of amides is 1. The molecule has 7 heteroatoms. The van der Waals surface area contributed by atoms with Gasteiger partial charge in [0.2, 0.25) is 0 Å². The van der Waals surface area contributed by atoms with Crippen LogP contribution in [0.2, 0.25) is 0 Å². The monoisotopic (exact) mass is 399 g/mol. The number of hydrogen-bond acceptors (Lipinski definition) is 3. The first-order chi connectivity index (χ1) is 11.4. The van der Waals surface area contributed by atoms with Gasteiger partial charge in [0.1, 0.15) is 11.5 Å². The Hall–Kier alpha value is -2.15. The molecule has 1 unspecified atom stereocenters. The van der Waals surface area contributed by atoms with Gasteiger partial charge in [-0.1, -0.05) is 18.2 Å². The molecule has 2 aromatic carbocycles. The van der Waals surface area contributed by atoms with Crippen LogP contribution < -0.4 is 14.8 Å². The Labute approximate surface area is 146 Å². The van der Waals surface area contributed by atoms with Crippen molar-refractivity contribution in [2.45, 2.75) is 26.6 Å². The van der Waals surface area contributed by atoms with Gasteiger partial charge in [-0.05, 0) is 59.6 Å². The highest BCUT2D eigenvalue weighted by molar-refractivity contribution is 9.10. The summed E-state index contributed by atoms with van der Waals surface area (Å²) in [5.74, 6) is -0.0716. The maximum Gasteiger partial charge on any atom is 0.387 e. The van der Waals surface area contributed by atoms with Crippen LogP contribution in [0.1, 0.15) is 12.5 Å². The smallest absolute Gasteiger partial charge is 0.387 e. The minimum atomic E-state index is -2.97. The van der Waals surface area contributed by atoms with E-state index in [1.54, 1.807) is 19.1 Å². The van der Waals surface area contributed by atoms with E-state index >= 15 is 0 Å². The zero-order valence-electron chi connectivity index (χ0n) is 13.1. The molecule has 1 atom stereocenters. The van der Waals surface area contributed by atoms with Crippen molar-refractivity contribution in [2.24, 2.45) is 0 Å². The van der Waals surface area contributed by atoms with E-state index in [-0.39, 0.29) is 11.4 Å². The van der Waals surface area contributed by atoms with Gasteiger partial charge in [0, 0.05) is 0 Å². The summed E-state index contributed by atoms with van der Waals surface area (Å²) in [5.41, 5.74) is 1.20. The quantitative estimate of drug-likeness (QED) is 0.761. The second kappa shape index (κ2) is 8.10. The molecule has 0 saturated heterocycles. The second-order valence-corrected chi connectivity index (χ2v) is 5.91. The van der Waals surface area contributed by atoms with E-state index < -0.39 is 18.6 Å². The fraction of sp³-hybridized carbons (Fsp3) is 0.235. The van der Waals surface area contributed by atoms with Crippen LogP contribution in [0.5, 0.6) is 11.5 Å². The normalized spacial score (nSPS) is 11.9. The van der Waals surface area contributed by atoms with Crippen molar-refractivity contribution >= 4 is 27.5 Å². The summed E-state index contributed by atoms with van der Waals surface area (Å²) >= 11 is 3.37. The number of aryl methyl sites for hydroxylation is 1. The Bertz CT molecular complexity index is 725. The molecule has 0 aliphatic carbocycles. The molecule has 0 fully saturated rings. The minimum absolute atomic E-state index is 0.107. The average molecular weight is 400 g/mol. The van der Waals surface area contributed by atoms with Gasteiger partial charge in [0.25, 0.3) is 5.91 Å². The molecule has 0 heterocycles. The van der Waals surface area contributed by atoms with Crippen molar-refractivity contribution in [1.82, 2.24) is 0 Å². The summed E-state index contributed by atoms with van der Waals surface area (Å²) in [6.07, 6.45) is -0.830. The van der Waals surface area contributed by atoms with E-state index in [1.165, 1.54) is 18.2 Å². The Morgan fingerprint density at radius 1 is 1.12 bits per heavy atom. The van der Waals surface area contributed by atoms with Crippen LogP contribution in [0, 0.1) is 6.92 Å². The summed E-state index contributed by atoms with van der Waals surface area (Å²) in [7, 11) is 0. The van der Waals surface area contributed by atoms with Crippen LogP contribution in [-0.4, -0.2) is 18.6 Å². The van der Waals surface area contributed by atoms with Crippen LogP contribution >= 0.6 is 15.9 Å². The van der Waals surface area contributed by atoms with Crippen LogP contribution in [0.15, 0.2) is 46.9 Å². The van der Waals surface area contributed by atoms with Gasteiger partial charge in [-0.2, -0.15) is 8.78 Å². The number of ether oxygens (including phenoxy) is 2. The third-order valence-electron chi connectivity index (χ3n) is 3.12. The number of benzene rings is 2. The molecule has 0 aliphatic rings. The predicted octanol–water partition coefficient (Wildman–Crippen LogP) is 4.76. The number of halogens is 3. The summed E-state index contributed by atoms with van der Waals surface area (Å²) in [5, 5.41) is 2.53. The molecular weight excluding hydrogens is 384 g/mol. The summed E-state index contributed by atoms with van der Waals surface area (Å²) in [6, 6.07) is 11.4. The number of anilines is 1. The molecule has 1 N–H and O–H groups in total. The molecule has 128 valence electrons. The third-order valence-corrected chi connectivity index (χ3v) is 3.74. The Morgan fingerprint density at radius 2 is 1.83 bits per heavy atom. The van der Waals surface area contributed by atoms with Crippen molar-refractivity contribution in [2.75, 3.05) is 5.32 Å². The zero-order valence-corrected chi connectivity index (χ0v) is 14.6. The molecule has 24 heavy (non-hydrogen) atoms. The lowest BCUT2D eigenvalue weighted by molar-refractivity contribution is -0.122. The molecule has 4 nitrogen and oxygen atoms in total. The van der Waals surface area contributed by atoms with E-state index in [1.807, 2.05) is 19.1 Å². The predicted molar refractivity (Wildman–Crippen MR) is 90.7 cm³/mol. The lowest BCUT2D eigenvalue weighted by Crippen LogP contribution is -2.30. The molecule has 2 aromatic rings. The highest BCUT2D eigenvalue weighted by Crippen LogP contribution is 2.28. The minimum Gasteiger partial charge on any atom is -0.480 e. The van der Waals surface area contributed by atoms with Crippen molar-refractivity contribution in [3.8, 4) is 11.5 Å². The highest BCUT2D eigenvalue weighted by atomic mass is 79.9. The Balaban J connectivity index is 2.06. The number of nitrogens with one attached hydrogen (secondary N) is 1. The first-order valence-corrected chi connectivity index (χ1v) is 7.93. The summed E-state index contributed by atoms with van der Waals surface area (Å²) in [6.45, 7) is 0.531. The van der Waals surface area contributed by atoms with Crippen molar-refractivity contribution in [1.29, 1.82) is 0 Å². The van der Waals surface area contributed by atoms with Crippen molar-refractivity contribution in [3.05, 3.63) is 52.5 Å². The number of alkyl halides is 2. The molecule has 0 aromatic heterocycles. The molecule has 0 bridgehead atoms. The van der Waals surface area contributed by atoms with E-state index in [0.29, 0.717) is 5.75 Å². The van der Waals surface area contributed by atoms with Gasteiger partial charge in [-0.25, -0.2) is 0 Å². The maximum atomic E-state index is 12.4. The van der Waals surface area contributed by atoms with Gasteiger partial charge in [-0.3, -0.25) is 4.79 Å². The fourth-order valence-corrected chi connectivity index (χ4v) is 2.54. The topological polar surface area (TPSA) is 47.6 Å². The van der Waals surface area contributed by atoms with Gasteiger partial charge >= 0.3 is 6.61 Å². The second-order valence-electron chi connectivity index (χ2n) is 5.06. The Kier molecular flexibility index (Phi) is 6.14. The third kappa shape index (κ3) is 4.92. The largest absolute Gasteiger partial charge is 0.480 e. The van der Waals surface area contributed by atoms with Gasteiger partial charge < -0.3 is 14.8 Å². The van der Waals surface area contributed by atoms with Gasteiger partial charge in [-0.15, -0.1) is 0 Å². The van der Waals surface area contributed by atoms with Crippen LogP contribution in [0.4, 0.5) is 14.5 Å². The molecule has 0 aliphatic heterocycles. The molecule has 0 saturated carbocycles. The number of rotatable bonds is 6. The van der Waals surface area contributed by atoms with Crippen LogP contribution in [-0.2, 0) is 4.79 Å². The van der Waals surface area contributed by atoms with E-state index in [0.717, 1.165) is 10.0 Å². The summed E-state index contributed by atoms with van der Waals surface area (Å²) < 4.78 is 35.5. The Morgan fingerprint density at radius 3 is 2.50 bits per heavy atom. The van der Waals surface area contributed by atoms with Gasteiger partial charge in [0.15, 0.2) is 6.10 Å². The van der Waals surface area contributed by atoms with Crippen LogP contribution in [0.25, 0.3) is 0 Å². The van der Waals surface area contributed by atoms with Crippen molar-refractivity contribution in [3.63, 3.8) is 0 Å². The number of para-hydroxylation sites is 2. The first kappa shape index (κ1) is 18.2. The van der Waals surface area contributed by atoms with E-state index in [2.05, 4.69) is 26.0 Å². The molecule has 0 spiro atoms. The maximum absolute atomic E-state index is 12.4. The number of carbonyl (C=O) groups is 1. The average Bonchev–Trinajstić information content (AvgIpc) is 2.51. The highest BCUT2D eigenvalue weighted by Gasteiger charge is 2.18. The zero-order chi connectivity index (χ0) is 17.7. The first-order valence-electron chi connectivity index (χ1n) is 7.14. The van der Waals surface area contributed by atoms with Crippen LogP contribution in [0.3, 0.4) is 0 Å². The fourth-order valence-electron chi connectivity index (χ4n) is 1.95. The van der Waals surface area contributed by atoms with Gasteiger partial charge in [0.05, 0.1) is 10.2 Å². The number of carbonyl (C=O) groups excluding carboxylic acids is 1. The number of hydrogen-bond donors (Lipinski definition) is 1. The molecular formula is C17H16BrF2NO3. The van der Waals surface area contributed by atoms with E-state index in [4.69, 9.17) is 4.74 Å². The lowest BCUT2D eigenvalue weighted by Gasteiger charge is -2.17.